The lowest BCUT2D eigenvalue weighted by Crippen LogP contribution is -2.15. The van der Waals surface area contributed by atoms with E-state index in [0.29, 0.717) is 22.3 Å². The Morgan fingerprint density at radius 3 is 2.54 bits per heavy atom. The number of nitrogens with zero attached hydrogens (tertiary/aromatic N) is 2. The number of halogens is 3. The van der Waals surface area contributed by atoms with Crippen molar-refractivity contribution in [3.63, 3.8) is 0 Å². The molecule has 1 aromatic carbocycles. The van der Waals surface area contributed by atoms with Gasteiger partial charge in [-0.1, -0.05) is 0 Å². The minimum Gasteiger partial charge on any atom is -0.369 e. The summed E-state index contributed by atoms with van der Waals surface area (Å²) in [5.41, 5.74) is 6.62. The minimum atomic E-state index is -4.25. The van der Waals surface area contributed by atoms with Gasteiger partial charge in [-0.25, -0.2) is 0 Å². The number of aromatic nitrogens is 3. The summed E-state index contributed by atoms with van der Waals surface area (Å²) in [5.74, 6) is -0.0604. The summed E-state index contributed by atoms with van der Waals surface area (Å²) in [6.07, 6.45) is -3.60. The number of H-pyrrole nitrogens is 1. The normalized spacial score (nSPS) is 11.5. The number of primary amides is 1. The first-order valence-electron chi connectivity index (χ1n) is 7.64. The maximum absolute atomic E-state index is 12.3. The van der Waals surface area contributed by atoms with Crippen molar-refractivity contribution < 1.29 is 18.0 Å². The third kappa shape index (κ3) is 4.21. The number of hydrogen-bond acceptors (Lipinski definition) is 5. The van der Waals surface area contributed by atoms with Crippen molar-refractivity contribution in [2.75, 3.05) is 17.2 Å². The zero-order valence-electron chi connectivity index (χ0n) is 13.4. The van der Waals surface area contributed by atoms with Gasteiger partial charge in [-0.15, -0.1) is 0 Å². The largest absolute Gasteiger partial charge is 0.390 e. The highest BCUT2D eigenvalue weighted by Gasteiger charge is 2.26. The summed E-state index contributed by atoms with van der Waals surface area (Å²) in [4.78, 5) is 22.5. The Morgan fingerprint density at radius 1 is 1.15 bits per heavy atom. The van der Waals surface area contributed by atoms with Crippen LogP contribution in [0.5, 0.6) is 0 Å². The van der Waals surface area contributed by atoms with Crippen molar-refractivity contribution in [3.8, 4) is 0 Å². The molecule has 5 N–H and O–H groups in total. The molecule has 0 aliphatic carbocycles. The molecule has 0 fully saturated rings. The fourth-order valence-corrected chi connectivity index (χ4v) is 2.30. The van der Waals surface area contributed by atoms with E-state index >= 15 is 0 Å². The van der Waals surface area contributed by atoms with Crippen LogP contribution in [0.1, 0.15) is 16.8 Å². The standard InChI is InChI=1S/C16H15F3N6O/c17-16(18,19)6-8-22-14-11-5-7-21-13(11)24-15(25-14)23-10-3-1-9(2-4-10)12(20)26/h1-5,7H,6,8H2,(H2,20,26)(H3,21,22,23,24,25). The fourth-order valence-electron chi connectivity index (χ4n) is 2.30. The maximum Gasteiger partial charge on any atom is 0.390 e. The average Bonchev–Trinajstić information content (AvgIpc) is 3.03. The number of benzene rings is 1. The summed E-state index contributed by atoms with van der Waals surface area (Å²) in [5, 5.41) is 6.22. The van der Waals surface area contributed by atoms with Crippen molar-refractivity contribution in [2.24, 2.45) is 5.73 Å². The fraction of sp³-hybridized carbons (Fsp3) is 0.188. The van der Waals surface area contributed by atoms with E-state index in [1.807, 2.05) is 0 Å². The van der Waals surface area contributed by atoms with Crippen LogP contribution in [-0.2, 0) is 0 Å². The van der Waals surface area contributed by atoms with Crippen molar-refractivity contribution in [2.45, 2.75) is 12.6 Å². The highest BCUT2D eigenvalue weighted by molar-refractivity contribution is 5.93. The first-order valence-corrected chi connectivity index (χ1v) is 7.64. The Hall–Kier alpha value is -3.30. The van der Waals surface area contributed by atoms with Crippen molar-refractivity contribution in [1.82, 2.24) is 15.0 Å². The van der Waals surface area contributed by atoms with Crippen LogP contribution in [0.3, 0.4) is 0 Å². The van der Waals surface area contributed by atoms with E-state index in [-0.39, 0.29) is 18.3 Å². The Balaban J connectivity index is 1.81. The quantitative estimate of drug-likeness (QED) is 0.537. The Kier molecular flexibility index (Phi) is 4.65. The van der Waals surface area contributed by atoms with Gasteiger partial charge in [-0.05, 0) is 30.3 Å². The lowest BCUT2D eigenvalue weighted by molar-refractivity contribution is -0.131. The van der Waals surface area contributed by atoms with Gasteiger partial charge in [-0.2, -0.15) is 23.1 Å². The molecule has 0 radical (unpaired) electrons. The predicted octanol–water partition coefficient (Wildman–Crippen LogP) is 3.16. The summed E-state index contributed by atoms with van der Waals surface area (Å²) in [7, 11) is 0. The van der Waals surface area contributed by atoms with E-state index in [9.17, 15) is 18.0 Å². The lowest BCUT2D eigenvalue weighted by Gasteiger charge is -2.11. The third-order valence-electron chi connectivity index (χ3n) is 3.54. The van der Waals surface area contributed by atoms with Crippen LogP contribution in [0.15, 0.2) is 36.5 Å². The summed E-state index contributed by atoms with van der Waals surface area (Å²) >= 11 is 0. The van der Waals surface area contributed by atoms with Crippen molar-refractivity contribution in [3.05, 3.63) is 42.1 Å². The van der Waals surface area contributed by atoms with Crippen LogP contribution in [0, 0.1) is 0 Å². The number of fused-ring (bicyclic) bond motifs is 1. The highest BCUT2D eigenvalue weighted by Crippen LogP contribution is 2.24. The molecule has 1 amide bonds. The summed E-state index contributed by atoms with van der Waals surface area (Å²) < 4.78 is 37.0. The van der Waals surface area contributed by atoms with Crippen LogP contribution in [0.2, 0.25) is 0 Å². The van der Waals surface area contributed by atoms with Gasteiger partial charge in [0, 0.05) is 24.0 Å². The molecule has 0 spiro atoms. The first kappa shape index (κ1) is 17.5. The molecule has 0 unspecified atom stereocenters. The molecule has 2 aromatic heterocycles. The molecule has 26 heavy (non-hydrogen) atoms. The average molecular weight is 364 g/mol. The number of nitrogens with one attached hydrogen (secondary N) is 3. The summed E-state index contributed by atoms with van der Waals surface area (Å²) in [6.45, 7) is -0.298. The smallest absolute Gasteiger partial charge is 0.369 e. The van der Waals surface area contributed by atoms with E-state index in [4.69, 9.17) is 5.73 Å². The number of nitrogens with two attached hydrogens (primary N) is 1. The molecule has 0 atom stereocenters. The molecule has 0 aliphatic rings. The third-order valence-corrected chi connectivity index (χ3v) is 3.54. The second-order valence-corrected chi connectivity index (χ2v) is 5.49. The predicted molar refractivity (Wildman–Crippen MR) is 91.3 cm³/mol. The SMILES string of the molecule is NC(=O)c1ccc(Nc2nc(NCCC(F)(F)F)c3cc[nH]c3n2)cc1. The van der Waals surface area contributed by atoms with Crippen LogP contribution < -0.4 is 16.4 Å². The Labute approximate surface area is 145 Å². The van der Waals surface area contributed by atoms with Gasteiger partial charge in [0.05, 0.1) is 11.8 Å². The van der Waals surface area contributed by atoms with Gasteiger partial charge in [-0.3, -0.25) is 4.79 Å². The number of alkyl halides is 3. The zero-order valence-corrected chi connectivity index (χ0v) is 13.4. The van der Waals surface area contributed by atoms with Crippen LogP contribution in [0.4, 0.5) is 30.6 Å². The molecule has 7 nitrogen and oxygen atoms in total. The monoisotopic (exact) mass is 364 g/mol. The Morgan fingerprint density at radius 2 is 1.88 bits per heavy atom. The maximum atomic E-state index is 12.3. The van der Waals surface area contributed by atoms with Crippen LogP contribution >= 0.6 is 0 Å². The molecule has 10 heteroatoms. The van der Waals surface area contributed by atoms with E-state index in [1.54, 1.807) is 36.5 Å². The molecule has 0 saturated carbocycles. The van der Waals surface area contributed by atoms with Crippen molar-refractivity contribution in [1.29, 1.82) is 0 Å². The number of hydrogen-bond donors (Lipinski definition) is 4. The van der Waals surface area contributed by atoms with E-state index in [0.717, 1.165) is 0 Å². The van der Waals surface area contributed by atoms with Gasteiger partial charge in [0.25, 0.3) is 0 Å². The first-order chi connectivity index (χ1) is 12.3. The number of carbonyl (C=O) groups is 1. The van der Waals surface area contributed by atoms with Gasteiger partial charge in [0.2, 0.25) is 11.9 Å². The lowest BCUT2D eigenvalue weighted by atomic mass is 10.2. The highest BCUT2D eigenvalue weighted by atomic mass is 19.4. The van der Waals surface area contributed by atoms with Gasteiger partial charge < -0.3 is 21.4 Å². The molecule has 3 aromatic rings. The number of rotatable bonds is 6. The second kappa shape index (κ2) is 6.90. The van der Waals surface area contributed by atoms with Crippen LogP contribution in [0.25, 0.3) is 11.0 Å². The molecular weight excluding hydrogens is 349 g/mol. The molecule has 0 saturated heterocycles. The van der Waals surface area contributed by atoms with E-state index < -0.39 is 18.5 Å². The minimum absolute atomic E-state index is 0.196. The number of carbonyl (C=O) groups excluding carboxylic acids is 1. The van der Waals surface area contributed by atoms with E-state index in [1.165, 1.54) is 0 Å². The molecule has 2 heterocycles. The zero-order chi connectivity index (χ0) is 18.7. The Bertz CT molecular complexity index is 920. The molecule has 0 bridgehead atoms. The van der Waals surface area contributed by atoms with Gasteiger partial charge >= 0.3 is 6.18 Å². The number of amides is 1. The molecule has 0 aliphatic heterocycles. The van der Waals surface area contributed by atoms with Gasteiger partial charge in [0.15, 0.2) is 0 Å². The topological polar surface area (TPSA) is 109 Å². The summed E-state index contributed by atoms with van der Waals surface area (Å²) in [6, 6.07) is 8.01. The molecule has 3 rings (SSSR count). The second-order valence-electron chi connectivity index (χ2n) is 5.49. The van der Waals surface area contributed by atoms with Crippen molar-refractivity contribution >= 4 is 34.4 Å². The van der Waals surface area contributed by atoms with Crippen LogP contribution in [-0.4, -0.2) is 33.6 Å². The molecule has 136 valence electrons. The van der Waals surface area contributed by atoms with Gasteiger partial charge in [0.1, 0.15) is 11.5 Å². The number of anilines is 3. The molecular formula is C16H15F3N6O. The van der Waals surface area contributed by atoms with E-state index in [2.05, 4.69) is 25.6 Å². The number of aromatic amines is 1.